The fourth-order valence-electron chi connectivity index (χ4n) is 3.20. The largest absolute Gasteiger partial charge is 0.463 e. The van der Waals surface area contributed by atoms with E-state index in [-0.39, 0.29) is 0 Å². The van der Waals surface area contributed by atoms with E-state index in [0.717, 1.165) is 44.5 Å². The van der Waals surface area contributed by atoms with Crippen molar-refractivity contribution in [3.63, 3.8) is 0 Å². The van der Waals surface area contributed by atoms with Crippen molar-refractivity contribution < 1.29 is 8.83 Å². The lowest BCUT2D eigenvalue weighted by Gasteiger charge is -2.04. The van der Waals surface area contributed by atoms with Crippen molar-refractivity contribution in [3.05, 3.63) is 65.0 Å². The Bertz CT molecular complexity index is 1320. The molecule has 0 aliphatic rings. The summed E-state index contributed by atoms with van der Waals surface area (Å²) in [6, 6.07) is 11.4. The van der Waals surface area contributed by atoms with Crippen LogP contribution in [0.4, 0.5) is 0 Å². The fourth-order valence-corrected chi connectivity index (χ4v) is 4.35. The zero-order valence-corrected chi connectivity index (χ0v) is 16.7. The summed E-state index contributed by atoms with van der Waals surface area (Å²) < 4.78 is 13.4. The fraction of sp³-hybridized carbons (Fsp3) is 0.150. The number of thioether (sulfide) groups is 1. The minimum absolute atomic E-state index is 0.527. The van der Waals surface area contributed by atoms with Gasteiger partial charge >= 0.3 is 0 Å². The number of aromatic nitrogens is 4. The van der Waals surface area contributed by atoms with Crippen LogP contribution >= 0.6 is 23.4 Å². The third-order valence-electron chi connectivity index (χ3n) is 4.59. The van der Waals surface area contributed by atoms with Gasteiger partial charge in [-0.3, -0.25) is 4.40 Å². The average Bonchev–Trinajstić information content (AvgIpc) is 3.36. The van der Waals surface area contributed by atoms with E-state index in [2.05, 4.69) is 19.6 Å². The molecule has 0 radical (unpaired) electrons. The molecule has 0 unspecified atom stereocenters. The zero-order chi connectivity index (χ0) is 19.3. The Morgan fingerprint density at radius 2 is 1.96 bits per heavy atom. The van der Waals surface area contributed by atoms with Crippen LogP contribution in [0.5, 0.6) is 0 Å². The molecular weight excluding hydrogens is 396 g/mol. The molecule has 0 bridgehead atoms. The molecule has 0 N–H and O–H groups in total. The van der Waals surface area contributed by atoms with E-state index in [1.165, 1.54) is 0 Å². The molecule has 0 aliphatic carbocycles. The van der Waals surface area contributed by atoms with Gasteiger partial charge in [0.2, 0.25) is 5.89 Å². The Hall–Kier alpha value is -2.77. The summed E-state index contributed by atoms with van der Waals surface area (Å²) in [5.41, 5.74) is 4.42. The lowest BCUT2D eigenvalue weighted by atomic mass is 10.2. The number of hydrogen-bond acceptors (Lipinski definition) is 6. The first kappa shape index (κ1) is 17.3. The van der Waals surface area contributed by atoms with Crippen LogP contribution in [0.3, 0.4) is 0 Å². The molecular formula is C20H15ClN4O2S. The van der Waals surface area contributed by atoms with E-state index < -0.39 is 0 Å². The van der Waals surface area contributed by atoms with Crippen molar-refractivity contribution in [1.82, 2.24) is 19.6 Å². The van der Waals surface area contributed by atoms with Crippen molar-refractivity contribution in [2.75, 3.05) is 0 Å². The van der Waals surface area contributed by atoms with Gasteiger partial charge in [-0.1, -0.05) is 35.5 Å². The average molecular weight is 411 g/mol. The highest BCUT2D eigenvalue weighted by molar-refractivity contribution is 7.98. The summed E-state index contributed by atoms with van der Waals surface area (Å²) in [7, 11) is 0. The maximum absolute atomic E-state index is 6.27. The standard InChI is InChI=1S/C20H15ClN4O2S/c1-11-15(22-19(27-11)13-5-3-4-6-14(13)21)10-28-20-17-9-18-16(7-8-26-18)25(17)12(2)23-24-20/h3-9H,10H2,1-2H3. The molecule has 28 heavy (non-hydrogen) atoms. The molecule has 140 valence electrons. The van der Waals surface area contributed by atoms with Crippen molar-refractivity contribution in [3.8, 4) is 11.5 Å². The Kier molecular flexibility index (Phi) is 4.14. The maximum atomic E-state index is 6.27. The smallest absolute Gasteiger partial charge is 0.228 e. The Balaban J connectivity index is 1.47. The summed E-state index contributed by atoms with van der Waals surface area (Å²) in [4.78, 5) is 4.64. The molecule has 1 aromatic carbocycles. The second-order valence-corrected chi connectivity index (χ2v) is 7.75. The van der Waals surface area contributed by atoms with Crippen molar-refractivity contribution in [2.24, 2.45) is 0 Å². The SMILES string of the molecule is Cc1oc(-c2ccccc2Cl)nc1CSc1nnc(C)n2c1cc1occc12. The summed E-state index contributed by atoms with van der Waals surface area (Å²) in [5, 5.41) is 10.1. The number of aryl methyl sites for hydroxylation is 2. The summed E-state index contributed by atoms with van der Waals surface area (Å²) >= 11 is 7.83. The van der Waals surface area contributed by atoms with Gasteiger partial charge in [-0.15, -0.1) is 10.2 Å². The van der Waals surface area contributed by atoms with Gasteiger partial charge < -0.3 is 8.83 Å². The van der Waals surface area contributed by atoms with E-state index in [1.54, 1.807) is 18.0 Å². The number of nitrogens with zero attached hydrogens (tertiary/aromatic N) is 4. The van der Waals surface area contributed by atoms with Crippen molar-refractivity contribution in [1.29, 1.82) is 0 Å². The van der Waals surface area contributed by atoms with Gasteiger partial charge in [0, 0.05) is 17.9 Å². The van der Waals surface area contributed by atoms with Crippen molar-refractivity contribution in [2.45, 2.75) is 24.6 Å². The molecule has 4 aromatic heterocycles. The van der Waals surface area contributed by atoms with Crippen LogP contribution in [0.25, 0.3) is 28.1 Å². The van der Waals surface area contributed by atoms with Crippen LogP contribution in [0.15, 0.2) is 56.5 Å². The first-order chi connectivity index (χ1) is 13.6. The van der Waals surface area contributed by atoms with Gasteiger partial charge in [0.25, 0.3) is 0 Å². The first-order valence-corrected chi connectivity index (χ1v) is 10.0. The second-order valence-electron chi connectivity index (χ2n) is 6.38. The molecule has 8 heteroatoms. The van der Waals surface area contributed by atoms with Crippen LogP contribution in [0, 0.1) is 13.8 Å². The molecule has 0 saturated heterocycles. The zero-order valence-electron chi connectivity index (χ0n) is 15.1. The van der Waals surface area contributed by atoms with Crippen LogP contribution in [-0.4, -0.2) is 19.6 Å². The van der Waals surface area contributed by atoms with Gasteiger partial charge in [-0.05, 0) is 26.0 Å². The summed E-state index contributed by atoms with van der Waals surface area (Å²) in [6.07, 6.45) is 1.68. The first-order valence-electron chi connectivity index (χ1n) is 8.68. The molecule has 0 aliphatic heterocycles. The molecule has 5 rings (SSSR count). The third kappa shape index (κ3) is 2.78. The molecule has 0 amide bonds. The van der Waals surface area contributed by atoms with Gasteiger partial charge in [0.15, 0.2) is 5.58 Å². The molecule has 5 aromatic rings. The van der Waals surface area contributed by atoms with E-state index in [0.29, 0.717) is 16.7 Å². The maximum Gasteiger partial charge on any atom is 0.228 e. The number of rotatable bonds is 4. The lowest BCUT2D eigenvalue weighted by Crippen LogP contribution is -2.00. The van der Waals surface area contributed by atoms with E-state index in [1.807, 2.05) is 50.2 Å². The molecule has 0 atom stereocenters. The summed E-state index contributed by atoms with van der Waals surface area (Å²) in [5.74, 6) is 2.72. The number of furan rings is 1. The highest BCUT2D eigenvalue weighted by atomic mass is 35.5. The normalized spacial score (nSPS) is 11.7. The predicted molar refractivity (Wildman–Crippen MR) is 109 cm³/mol. The van der Waals surface area contributed by atoms with E-state index >= 15 is 0 Å². The van der Waals surface area contributed by atoms with Crippen LogP contribution in [0.1, 0.15) is 17.3 Å². The second kappa shape index (κ2) is 6.68. The molecule has 0 saturated carbocycles. The van der Waals surface area contributed by atoms with Gasteiger partial charge in [-0.2, -0.15) is 0 Å². The number of halogens is 1. The molecule has 6 nitrogen and oxygen atoms in total. The van der Waals surface area contributed by atoms with E-state index in [4.69, 9.17) is 20.4 Å². The number of hydrogen-bond donors (Lipinski definition) is 0. The van der Waals surface area contributed by atoms with Gasteiger partial charge in [-0.25, -0.2) is 4.98 Å². The quantitative estimate of drug-likeness (QED) is 0.354. The highest BCUT2D eigenvalue weighted by Crippen LogP contribution is 2.33. The molecule has 4 heterocycles. The Morgan fingerprint density at radius 3 is 2.82 bits per heavy atom. The minimum Gasteiger partial charge on any atom is -0.463 e. The Labute approximate surface area is 169 Å². The van der Waals surface area contributed by atoms with E-state index in [9.17, 15) is 0 Å². The monoisotopic (exact) mass is 410 g/mol. The number of oxazole rings is 1. The summed E-state index contributed by atoms with van der Waals surface area (Å²) in [6.45, 7) is 3.84. The van der Waals surface area contributed by atoms with Crippen LogP contribution in [0.2, 0.25) is 5.02 Å². The lowest BCUT2D eigenvalue weighted by molar-refractivity contribution is 0.540. The predicted octanol–water partition coefficient (Wildman–Crippen LogP) is 5.69. The van der Waals surface area contributed by atoms with Gasteiger partial charge in [0.05, 0.1) is 33.6 Å². The Morgan fingerprint density at radius 1 is 1.11 bits per heavy atom. The third-order valence-corrected chi connectivity index (χ3v) is 5.91. The highest BCUT2D eigenvalue weighted by Gasteiger charge is 2.17. The van der Waals surface area contributed by atoms with Crippen LogP contribution in [-0.2, 0) is 5.75 Å². The number of fused-ring (bicyclic) bond motifs is 3. The minimum atomic E-state index is 0.527. The van der Waals surface area contributed by atoms with Gasteiger partial charge in [0.1, 0.15) is 16.6 Å². The van der Waals surface area contributed by atoms with Crippen molar-refractivity contribution >= 4 is 40.0 Å². The topological polar surface area (TPSA) is 69.4 Å². The number of benzene rings is 1. The van der Waals surface area contributed by atoms with Crippen LogP contribution < -0.4 is 0 Å². The molecule has 0 spiro atoms. The molecule has 0 fully saturated rings.